The van der Waals surface area contributed by atoms with Gasteiger partial charge in [0, 0.05) is 24.0 Å². The van der Waals surface area contributed by atoms with Crippen LogP contribution in [0.2, 0.25) is 0 Å². The molecule has 1 aliphatic heterocycles. The Hall–Kier alpha value is -0.650. The molecular formula is C16H29N3OS. The van der Waals surface area contributed by atoms with Gasteiger partial charge in [0.05, 0.1) is 17.4 Å². The Kier molecular flexibility index (Phi) is 5.28. The second-order valence-electron chi connectivity index (χ2n) is 6.69. The van der Waals surface area contributed by atoms with Crippen LogP contribution in [0.3, 0.4) is 0 Å². The number of rotatable bonds is 5. The number of hydrogen-bond donors (Lipinski definition) is 1. The normalized spacial score (nSPS) is 23.3. The van der Waals surface area contributed by atoms with Crippen molar-refractivity contribution < 1.29 is 4.74 Å². The van der Waals surface area contributed by atoms with Crippen LogP contribution in [0.5, 0.6) is 0 Å². The van der Waals surface area contributed by atoms with Gasteiger partial charge in [-0.15, -0.1) is 11.3 Å². The molecule has 4 nitrogen and oxygen atoms in total. The molecule has 0 aromatic carbocycles. The highest BCUT2D eigenvalue weighted by atomic mass is 32.1. The first-order valence-electron chi connectivity index (χ1n) is 7.96. The molecule has 1 N–H and O–H groups in total. The number of nitrogens with zero attached hydrogens (tertiary/aromatic N) is 2. The van der Waals surface area contributed by atoms with Gasteiger partial charge in [-0.25, -0.2) is 4.98 Å². The lowest BCUT2D eigenvalue weighted by atomic mass is 10.1. The third kappa shape index (κ3) is 4.18. The standard InChI is InChI=1S/C16H29N3OS/c1-7-8-17-12(3)14-13(4)18-15(21-14)19-9-11(2)20-16(5,6)10-19/h11-12,17H,7-10H2,1-6H3. The SMILES string of the molecule is CCCNC(C)c1sc(N2CC(C)OC(C)(C)C2)nc1C. The minimum Gasteiger partial charge on any atom is -0.369 e. The smallest absolute Gasteiger partial charge is 0.186 e. The quantitative estimate of drug-likeness (QED) is 0.903. The van der Waals surface area contributed by atoms with E-state index >= 15 is 0 Å². The van der Waals surface area contributed by atoms with Gasteiger partial charge in [0.2, 0.25) is 0 Å². The summed E-state index contributed by atoms with van der Waals surface area (Å²) in [6, 6.07) is 0.377. The first-order chi connectivity index (χ1) is 9.82. The van der Waals surface area contributed by atoms with Crippen LogP contribution in [0.4, 0.5) is 5.13 Å². The molecule has 2 heterocycles. The minimum absolute atomic E-state index is 0.108. The van der Waals surface area contributed by atoms with Crippen LogP contribution >= 0.6 is 11.3 Å². The summed E-state index contributed by atoms with van der Waals surface area (Å²) in [5, 5.41) is 4.69. The monoisotopic (exact) mass is 311 g/mol. The fourth-order valence-corrected chi connectivity index (χ4v) is 4.08. The highest BCUT2D eigenvalue weighted by molar-refractivity contribution is 7.15. The maximum atomic E-state index is 5.99. The number of ether oxygens (including phenoxy) is 1. The first kappa shape index (κ1) is 16.7. The summed E-state index contributed by atoms with van der Waals surface area (Å²) in [5.74, 6) is 0. The van der Waals surface area contributed by atoms with E-state index < -0.39 is 0 Å². The number of nitrogens with one attached hydrogen (secondary N) is 1. The van der Waals surface area contributed by atoms with Gasteiger partial charge >= 0.3 is 0 Å². The van der Waals surface area contributed by atoms with Crippen molar-refractivity contribution in [2.24, 2.45) is 0 Å². The predicted molar refractivity (Wildman–Crippen MR) is 90.4 cm³/mol. The summed E-state index contributed by atoms with van der Waals surface area (Å²) in [6.07, 6.45) is 1.40. The van der Waals surface area contributed by atoms with Gasteiger partial charge < -0.3 is 15.0 Å². The van der Waals surface area contributed by atoms with Gasteiger partial charge in [0.25, 0.3) is 0 Å². The van der Waals surface area contributed by atoms with Crippen molar-refractivity contribution in [1.29, 1.82) is 0 Å². The number of hydrogen-bond acceptors (Lipinski definition) is 5. The molecule has 5 heteroatoms. The van der Waals surface area contributed by atoms with Crippen LogP contribution in [-0.4, -0.2) is 36.3 Å². The molecule has 2 rings (SSSR count). The molecule has 120 valence electrons. The van der Waals surface area contributed by atoms with Crippen molar-refractivity contribution >= 4 is 16.5 Å². The highest BCUT2D eigenvalue weighted by Crippen LogP contribution is 2.33. The summed E-state index contributed by atoms with van der Waals surface area (Å²) >= 11 is 1.82. The van der Waals surface area contributed by atoms with E-state index in [0.717, 1.165) is 36.9 Å². The molecule has 0 aliphatic carbocycles. The zero-order chi connectivity index (χ0) is 15.6. The zero-order valence-corrected chi connectivity index (χ0v) is 15.0. The molecule has 1 fully saturated rings. The summed E-state index contributed by atoms with van der Waals surface area (Å²) < 4.78 is 5.99. The highest BCUT2D eigenvalue weighted by Gasteiger charge is 2.33. The van der Waals surface area contributed by atoms with Crippen molar-refractivity contribution in [3.05, 3.63) is 10.6 Å². The van der Waals surface area contributed by atoms with Crippen LogP contribution in [0.15, 0.2) is 0 Å². The fraction of sp³-hybridized carbons (Fsp3) is 0.812. The van der Waals surface area contributed by atoms with E-state index in [1.165, 1.54) is 4.88 Å². The molecule has 1 aliphatic rings. The minimum atomic E-state index is -0.108. The lowest BCUT2D eigenvalue weighted by Gasteiger charge is -2.41. The van der Waals surface area contributed by atoms with E-state index in [1.54, 1.807) is 0 Å². The van der Waals surface area contributed by atoms with Gasteiger partial charge in [0.1, 0.15) is 0 Å². The van der Waals surface area contributed by atoms with Gasteiger partial charge in [-0.3, -0.25) is 0 Å². The fourth-order valence-electron chi connectivity index (χ4n) is 2.98. The number of aromatic nitrogens is 1. The average Bonchev–Trinajstić information content (AvgIpc) is 2.76. The number of morpholine rings is 1. The van der Waals surface area contributed by atoms with Gasteiger partial charge in [-0.05, 0) is 47.6 Å². The second-order valence-corrected chi connectivity index (χ2v) is 7.70. The van der Waals surface area contributed by atoms with E-state index in [9.17, 15) is 0 Å². The van der Waals surface area contributed by atoms with Crippen LogP contribution in [0, 0.1) is 6.92 Å². The number of thiazole rings is 1. The Morgan fingerprint density at radius 2 is 2.24 bits per heavy atom. The third-order valence-corrected chi connectivity index (χ3v) is 5.16. The number of aryl methyl sites for hydroxylation is 1. The summed E-state index contributed by atoms with van der Waals surface area (Å²) in [7, 11) is 0. The third-order valence-electron chi connectivity index (χ3n) is 3.75. The molecule has 1 aromatic rings. The van der Waals surface area contributed by atoms with E-state index in [-0.39, 0.29) is 11.7 Å². The maximum absolute atomic E-state index is 5.99. The molecule has 0 spiro atoms. The molecule has 0 amide bonds. The summed E-state index contributed by atoms with van der Waals surface area (Å²) in [5.41, 5.74) is 1.05. The lowest BCUT2D eigenvalue weighted by molar-refractivity contribution is -0.0749. The zero-order valence-electron chi connectivity index (χ0n) is 14.2. The van der Waals surface area contributed by atoms with Crippen molar-refractivity contribution in [2.75, 3.05) is 24.5 Å². The van der Waals surface area contributed by atoms with E-state index in [1.807, 2.05) is 11.3 Å². The molecular weight excluding hydrogens is 282 g/mol. The molecule has 0 bridgehead atoms. The molecule has 21 heavy (non-hydrogen) atoms. The number of anilines is 1. The van der Waals surface area contributed by atoms with Crippen molar-refractivity contribution in [3.8, 4) is 0 Å². The van der Waals surface area contributed by atoms with Crippen LogP contribution in [-0.2, 0) is 4.74 Å². The largest absolute Gasteiger partial charge is 0.369 e. The van der Waals surface area contributed by atoms with Crippen molar-refractivity contribution in [1.82, 2.24) is 10.3 Å². The summed E-state index contributed by atoms with van der Waals surface area (Å²) in [6.45, 7) is 15.9. The van der Waals surface area contributed by atoms with Crippen molar-refractivity contribution in [2.45, 2.75) is 65.7 Å². The van der Waals surface area contributed by atoms with E-state index in [0.29, 0.717) is 6.04 Å². The Morgan fingerprint density at radius 1 is 1.52 bits per heavy atom. The molecule has 0 saturated carbocycles. The van der Waals surface area contributed by atoms with E-state index in [4.69, 9.17) is 9.72 Å². The summed E-state index contributed by atoms with van der Waals surface area (Å²) in [4.78, 5) is 8.55. The van der Waals surface area contributed by atoms with Gasteiger partial charge in [-0.1, -0.05) is 6.92 Å². The van der Waals surface area contributed by atoms with Crippen LogP contribution in [0.1, 0.15) is 57.7 Å². The van der Waals surface area contributed by atoms with E-state index in [2.05, 4.69) is 51.8 Å². The molecule has 1 saturated heterocycles. The Bertz CT molecular complexity index is 472. The maximum Gasteiger partial charge on any atom is 0.186 e. The Morgan fingerprint density at radius 3 is 2.86 bits per heavy atom. The van der Waals surface area contributed by atoms with Gasteiger partial charge in [0.15, 0.2) is 5.13 Å². The van der Waals surface area contributed by atoms with Crippen LogP contribution in [0.25, 0.3) is 0 Å². The second kappa shape index (κ2) is 6.63. The Balaban J connectivity index is 2.14. The topological polar surface area (TPSA) is 37.4 Å². The molecule has 2 atom stereocenters. The molecule has 0 radical (unpaired) electrons. The molecule has 2 unspecified atom stereocenters. The van der Waals surface area contributed by atoms with Gasteiger partial charge in [-0.2, -0.15) is 0 Å². The average molecular weight is 311 g/mol. The Labute approximate surface area is 132 Å². The predicted octanol–water partition coefficient (Wildman–Crippen LogP) is 3.52. The van der Waals surface area contributed by atoms with Crippen molar-refractivity contribution in [3.63, 3.8) is 0 Å². The molecule has 1 aromatic heterocycles. The lowest BCUT2D eigenvalue weighted by Crippen LogP contribution is -2.52. The first-order valence-corrected chi connectivity index (χ1v) is 8.77. The van der Waals surface area contributed by atoms with Crippen LogP contribution < -0.4 is 10.2 Å².